The summed E-state index contributed by atoms with van der Waals surface area (Å²) in [6.07, 6.45) is 2.66. The number of nitrogens with zero attached hydrogens (tertiary/aromatic N) is 2. The zero-order valence-electron chi connectivity index (χ0n) is 11.5. The van der Waals surface area contributed by atoms with E-state index in [1.807, 2.05) is 12.1 Å². The van der Waals surface area contributed by atoms with E-state index in [1.54, 1.807) is 0 Å². The van der Waals surface area contributed by atoms with E-state index in [0.29, 0.717) is 5.84 Å². The molecule has 1 heterocycles. The zero-order valence-corrected chi connectivity index (χ0v) is 12.2. The summed E-state index contributed by atoms with van der Waals surface area (Å²) in [5.41, 5.74) is 7.84. The van der Waals surface area contributed by atoms with Gasteiger partial charge >= 0.3 is 0 Å². The van der Waals surface area contributed by atoms with E-state index in [-0.39, 0.29) is 5.88 Å². The van der Waals surface area contributed by atoms with Crippen LogP contribution in [0.25, 0.3) is 0 Å². The first kappa shape index (κ1) is 14.4. The molecule has 1 atom stereocenters. The molecule has 2 rings (SSSR count). The van der Waals surface area contributed by atoms with Crippen LogP contribution in [0.1, 0.15) is 25.3 Å². The van der Waals surface area contributed by atoms with Gasteiger partial charge in [-0.1, -0.05) is 19.1 Å². The molecule has 0 bridgehead atoms. The highest BCUT2D eigenvalue weighted by atomic mass is 35.5. The third-order valence-electron chi connectivity index (χ3n) is 3.47. The van der Waals surface area contributed by atoms with Crippen LogP contribution in [0.5, 0.6) is 0 Å². The number of halogens is 1. The molecule has 104 valence electrons. The van der Waals surface area contributed by atoms with Crippen molar-refractivity contribution in [3.63, 3.8) is 0 Å². The number of alkyl halides is 1. The third kappa shape index (κ3) is 4.51. The Morgan fingerprint density at radius 2 is 2.37 bits per heavy atom. The summed E-state index contributed by atoms with van der Waals surface area (Å²) in [5.74, 6) is 1.54. The average molecular weight is 280 g/mol. The number of piperidine rings is 1. The van der Waals surface area contributed by atoms with Crippen LogP contribution in [0.2, 0.25) is 0 Å². The number of likely N-dealkylation sites (tertiary alicyclic amines) is 1. The lowest BCUT2D eigenvalue weighted by molar-refractivity contribution is 0.176. The molecule has 1 saturated heterocycles. The first-order chi connectivity index (χ1) is 9.17. The Balaban J connectivity index is 2.02. The minimum absolute atomic E-state index is 0.272. The molecule has 1 fully saturated rings. The third-order valence-corrected chi connectivity index (χ3v) is 3.74. The lowest BCUT2D eigenvalue weighted by atomic mass is 10.00. The molecule has 0 aromatic heterocycles. The van der Waals surface area contributed by atoms with Crippen LogP contribution in [-0.2, 0) is 6.54 Å². The van der Waals surface area contributed by atoms with Gasteiger partial charge in [-0.05, 0) is 43.0 Å². The molecule has 0 amide bonds. The molecule has 0 spiro atoms. The van der Waals surface area contributed by atoms with Gasteiger partial charge in [0.05, 0.1) is 11.6 Å². The molecular formula is C15H22ClN3. The SMILES string of the molecule is CC1CCCN(Cc2cccc(N=C(N)CCl)c2)C1. The quantitative estimate of drug-likeness (QED) is 0.523. The Labute approximate surface area is 120 Å². The van der Waals surface area contributed by atoms with Gasteiger partial charge in [-0.3, -0.25) is 4.90 Å². The molecular weight excluding hydrogens is 258 g/mol. The predicted molar refractivity (Wildman–Crippen MR) is 82.1 cm³/mol. The van der Waals surface area contributed by atoms with Crippen LogP contribution in [-0.4, -0.2) is 29.7 Å². The van der Waals surface area contributed by atoms with E-state index >= 15 is 0 Å². The standard InChI is InChI=1S/C15H22ClN3/c1-12-4-3-7-19(10-12)11-13-5-2-6-14(8-13)18-15(17)9-16/h2,5-6,8,12H,3-4,7,9-11H2,1H3,(H2,17,18). The fourth-order valence-corrected chi connectivity index (χ4v) is 2.67. The summed E-state index contributed by atoms with van der Waals surface area (Å²) < 4.78 is 0. The Morgan fingerprint density at radius 3 is 3.11 bits per heavy atom. The maximum atomic E-state index is 5.67. The second kappa shape index (κ2) is 6.92. The molecule has 1 aromatic rings. The van der Waals surface area contributed by atoms with E-state index in [9.17, 15) is 0 Å². The lowest BCUT2D eigenvalue weighted by Gasteiger charge is -2.30. The average Bonchev–Trinajstić information content (AvgIpc) is 2.39. The Kier molecular flexibility index (Phi) is 5.23. The van der Waals surface area contributed by atoms with Crippen LogP contribution in [0, 0.1) is 5.92 Å². The highest BCUT2D eigenvalue weighted by Gasteiger charge is 2.16. The summed E-state index contributed by atoms with van der Waals surface area (Å²) in [4.78, 5) is 6.81. The molecule has 3 nitrogen and oxygen atoms in total. The molecule has 0 aliphatic carbocycles. The van der Waals surface area contributed by atoms with Crippen molar-refractivity contribution < 1.29 is 0 Å². The van der Waals surface area contributed by atoms with Gasteiger partial charge in [-0.2, -0.15) is 0 Å². The van der Waals surface area contributed by atoms with E-state index in [1.165, 1.54) is 31.5 Å². The molecule has 1 unspecified atom stereocenters. The highest BCUT2D eigenvalue weighted by molar-refractivity contribution is 6.28. The van der Waals surface area contributed by atoms with Crippen LogP contribution < -0.4 is 5.73 Å². The largest absolute Gasteiger partial charge is 0.386 e. The zero-order chi connectivity index (χ0) is 13.7. The number of amidine groups is 1. The molecule has 4 heteroatoms. The number of aliphatic imine (C=N–C) groups is 1. The number of hydrogen-bond donors (Lipinski definition) is 1. The van der Waals surface area contributed by atoms with Crippen LogP contribution >= 0.6 is 11.6 Å². The van der Waals surface area contributed by atoms with E-state index in [4.69, 9.17) is 17.3 Å². The predicted octanol–water partition coefficient (Wildman–Crippen LogP) is 3.15. The second-order valence-corrected chi connectivity index (χ2v) is 5.66. The van der Waals surface area contributed by atoms with Gasteiger partial charge < -0.3 is 5.73 Å². The van der Waals surface area contributed by atoms with Crippen molar-refractivity contribution in [1.82, 2.24) is 4.90 Å². The second-order valence-electron chi connectivity index (χ2n) is 5.39. The van der Waals surface area contributed by atoms with Gasteiger partial charge in [0.25, 0.3) is 0 Å². The Bertz CT molecular complexity index is 445. The van der Waals surface area contributed by atoms with Crippen LogP contribution in [0.4, 0.5) is 5.69 Å². The topological polar surface area (TPSA) is 41.6 Å². The van der Waals surface area contributed by atoms with E-state index < -0.39 is 0 Å². The van der Waals surface area contributed by atoms with Crippen molar-refractivity contribution in [3.8, 4) is 0 Å². The van der Waals surface area contributed by atoms with Gasteiger partial charge in [0, 0.05) is 13.1 Å². The van der Waals surface area contributed by atoms with Crippen molar-refractivity contribution in [2.24, 2.45) is 16.6 Å². The van der Waals surface area contributed by atoms with Crippen molar-refractivity contribution >= 4 is 23.1 Å². The lowest BCUT2D eigenvalue weighted by Crippen LogP contribution is -2.33. The van der Waals surface area contributed by atoms with E-state index in [0.717, 1.165) is 18.2 Å². The van der Waals surface area contributed by atoms with Gasteiger partial charge in [-0.15, -0.1) is 11.6 Å². The number of benzene rings is 1. The van der Waals surface area contributed by atoms with Crippen molar-refractivity contribution in [2.75, 3.05) is 19.0 Å². The minimum atomic E-state index is 0.272. The molecule has 1 aliphatic rings. The maximum absolute atomic E-state index is 5.67. The van der Waals surface area contributed by atoms with Gasteiger partial charge in [0.1, 0.15) is 5.84 Å². The smallest absolute Gasteiger partial charge is 0.115 e. The summed E-state index contributed by atoms with van der Waals surface area (Å²) >= 11 is 5.65. The van der Waals surface area contributed by atoms with Crippen LogP contribution in [0.15, 0.2) is 29.3 Å². The van der Waals surface area contributed by atoms with E-state index in [2.05, 4.69) is 28.9 Å². The Morgan fingerprint density at radius 1 is 1.53 bits per heavy atom. The fourth-order valence-electron chi connectivity index (χ4n) is 2.61. The van der Waals surface area contributed by atoms with Crippen molar-refractivity contribution in [3.05, 3.63) is 29.8 Å². The summed E-state index contributed by atoms with van der Waals surface area (Å²) in [6, 6.07) is 8.23. The normalized spacial score (nSPS) is 21.6. The number of nitrogens with two attached hydrogens (primary N) is 1. The molecule has 1 aromatic carbocycles. The fraction of sp³-hybridized carbons (Fsp3) is 0.533. The van der Waals surface area contributed by atoms with Crippen LogP contribution in [0.3, 0.4) is 0 Å². The van der Waals surface area contributed by atoms with Gasteiger partial charge in [0.15, 0.2) is 0 Å². The van der Waals surface area contributed by atoms with Gasteiger partial charge in [0.2, 0.25) is 0 Å². The van der Waals surface area contributed by atoms with Crippen molar-refractivity contribution in [1.29, 1.82) is 0 Å². The maximum Gasteiger partial charge on any atom is 0.115 e. The van der Waals surface area contributed by atoms with Gasteiger partial charge in [-0.25, -0.2) is 4.99 Å². The molecule has 19 heavy (non-hydrogen) atoms. The Hall–Kier alpha value is -1.06. The first-order valence-electron chi connectivity index (χ1n) is 6.87. The summed E-state index contributed by atoms with van der Waals surface area (Å²) in [5, 5.41) is 0. The molecule has 0 saturated carbocycles. The first-order valence-corrected chi connectivity index (χ1v) is 7.41. The molecule has 2 N–H and O–H groups in total. The highest BCUT2D eigenvalue weighted by Crippen LogP contribution is 2.20. The number of hydrogen-bond acceptors (Lipinski definition) is 2. The monoisotopic (exact) mass is 279 g/mol. The molecule has 0 radical (unpaired) electrons. The summed E-state index contributed by atoms with van der Waals surface area (Å²) in [7, 11) is 0. The molecule has 1 aliphatic heterocycles. The van der Waals surface area contributed by atoms with Crippen molar-refractivity contribution in [2.45, 2.75) is 26.3 Å². The summed E-state index contributed by atoms with van der Waals surface area (Å²) in [6.45, 7) is 5.71. The minimum Gasteiger partial charge on any atom is -0.386 e. The number of rotatable bonds is 4.